The van der Waals surface area contributed by atoms with E-state index in [1.54, 1.807) is 53.2 Å². The summed E-state index contributed by atoms with van der Waals surface area (Å²) in [6.07, 6.45) is 3.19. The third kappa shape index (κ3) is 5.80. The molecule has 5 nitrogen and oxygen atoms in total. The Balaban J connectivity index is 0.000000388. The van der Waals surface area contributed by atoms with Crippen molar-refractivity contribution in [1.82, 2.24) is 9.55 Å². The zero-order chi connectivity index (χ0) is 17.7. The average molecular weight is 592 g/mol. The predicted octanol–water partition coefficient (Wildman–Crippen LogP) is 0.701. The van der Waals surface area contributed by atoms with Gasteiger partial charge in [-0.2, -0.15) is 6.20 Å². The van der Waals surface area contributed by atoms with Gasteiger partial charge in [-0.1, -0.05) is 17.0 Å². The van der Waals surface area contributed by atoms with Crippen LogP contribution in [-0.2, 0) is 22.1 Å². The van der Waals surface area contributed by atoms with E-state index in [0.29, 0.717) is 11.0 Å². The second-order valence-corrected chi connectivity index (χ2v) is 5.83. The molecular weight excluding hydrogens is 572 g/mol. The summed E-state index contributed by atoms with van der Waals surface area (Å²) in [7, 11) is 7.33. The van der Waals surface area contributed by atoms with E-state index >= 15 is 0 Å². The number of aryl methyl sites for hydroxylation is 1. The minimum atomic E-state index is -1.01. The first-order valence-electron chi connectivity index (χ1n) is 6.40. The van der Waals surface area contributed by atoms with E-state index in [4.69, 9.17) is 18.1 Å². The Morgan fingerprint density at radius 1 is 1.23 bits per heavy atom. The van der Waals surface area contributed by atoms with Gasteiger partial charge in [0.05, 0.1) is 11.2 Å². The molecular formula is C14H20BIN2O3Os-. The van der Waals surface area contributed by atoms with E-state index in [9.17, 15) is 4.79 Å². The zero-order valence-corrected chi connectivity index (χ0v) is 17.9. The van der Waals surface area contributed by atoms with Crippen LogP contribution in [-0.4, -0.2) is 33.8 Å². The molecule has 22 heavy (non-hydrogen) atoms. The Morgan fingerprint density at radius 3 is 2.09 bits per heavy atom. The van der Waals surface area contributed by atoms with Crippen molar-refractivity contribution in [2.24, 2.45) is 7.05 Å². The van der Waals surface area contributed by atoms with Gasteiger partial charge < -0.3 is 19.8 Å². The summed E-state index contributed by atoms with van der Waals surface area (Å²) in [6, 6.07) is 1.74. The number of aromatic nitrogens is 2. The number of aliphatic hydroxyl groups is 2. The monoisotopic (exact) mass is 594 g/mol. The van der Waals surface area contributed by atoms with Crippen molar-refractivity contribution in [3.63, 3.8) is 0 Å². The summed E-state index contributed by atoms with van der Waals surface area (Å²) < 4.78 is 1.44. The number of hydrogen-bond acceptors (Lipinski definition) is 3. The van der Waals surface area contributed by atoms with Crippen LogP contribution in [0.1, 0.15) is 27.7 Å². The van der Waals surface area contributed by atoms with Gasteiger partial charge >= 0.3 is 34.7 Å². The molecule has 2 aromatic rings. The summed E-state index contributed by atoms with van der Waals surface area (Å²) in [4.78, 5) is 15.3. The van der Waals surface area contributed by atoms with Crippen molar-refractivity contribution < 1.29 is 25.3 Å². The van der Waals surface area contributed by atoms with Crippen LogP contribution in [0, 0.1) is 0 Å². The third-order valence-electron chi connectivity index (χ3n) is 3.36. The second-order valence-electron chi connectivity index (χ2n) is 5.83. The van der Waals surface area contributed by atoms with Crippen molar-refractivity contribution >= 4 is 43.9 Å². The van der Waals surface area contributed by atoms with Gasteiger partial charge in [-0.05, 0) is 33.1 Å². The van der Waals surface area contributed by atoms with Crippen molar-refractivity contribution in [2.45, 2.75) is 38.9 Å². The van der Waals surface area contributed by atoms with E-state index in [1.807, 2.05) is 15.1 Å². The molecule has 0 fully saturated rings. The van der Waals surface area contributed by atoms with Gasteiger partial charge in [0.25, 0.3) is 0 Å². The second kappa shape index (κ2) is 8.63. The number of nitrogens with zero attached hydrogens (tertiary/aromatic N) is 2. The summed E-state index contributed by atoms with van der Waals surface area (Å²) in [5.41, 5.74) is -1.09. The van der Waals surface area contributed by atoms with Crippen LogP contribution in [0.3, 0.4) is 0 Å². The van der Waals surface area contributed by atoms with E-state index < -0.39 is 11.2 Å². The number of fused-ring (bicyclic) bond motifs is 1. The summed E-state index contributed by atoms with van der Waals surface area (Å²) in [6.45, 7) is 6.31. The fourth-order valence-electron chi connectivity index (χ4n) is 1.24. The van der Waals surface area contributed by atoms with E-state index in [1.165, 1.54) is 4.57 Å². The van der Waals surface area contributed by atoms with Crippen molar-refractivity contribution in [2.75, 3.05) is 0 Å². The van der Waals surface area contributed by atoms with E-state index in [2.05, 4.69) is 24.7 Å². The van der Waals surface area contributed by atoms with Gasteiger partial charge in [-0.25, -0.2) is 0 Å². The quantitative estimate of drug-likeness (QED) is 0.378. The number of rotatable bonds is 1. The van der Waals surface area contributed by atoms with Crippen molar-refractivity contribution in [1.29, 1.82) is 0 Å². The number of hydrogen-bond donors (Lipinski definition) is 2. The molecule has 0 saturated carbocycles. The summed E-state index contributed by atoms with van der Waals surface area (Å²) in [5.74, 6) is 0. The molecule has 0 aliphatic carbocycles. The summed E-state index contributed by atoms with van der Waals surface area (Å²) in [5, 5.41) is 18.9. The maximum atomic E-state index is 11.4. The van der Waals surface area contributed by atoms with Crippen LogP contribution >= 0.6 is 19.7 Å². The molecule has 0 unspecified atom stereocenters. The Kier molecular flexibility index (Phi) is 8.56. The Hall–Kier alpha value is -0.159. The molecule has 0 atom stereocenters. The number of halogens is 1. The molecule has 0 aliphatic heterocycles. The predicted molar refractivity (Wildman–Crippen MR) is 94.5 cm³/mol. The van der Waals surface area contributed by atoms with Gasteiger partial charge in [-0.3, -0.25) is 4.79 Å². The first-order chi connectivity index (χ1) is 9.95. The third-order valence-corrected chi connectivity index (χ3v) is 3.36. The van der Waals surface area contributed by atoms with Gasteiger partial charge in [0.15, 0.2) is 0 Å². The maximum absolute atomic E-state index is 11.4. The van der Waals surface area contributed by atoms with E-state index in [-0.39, 0.29) is 5.56 Å². The van der Waals surface area contributed by atoms with Crippen LogP contribution in [0.25, 0.3) is 10.9 Å². The van der Waals surface area contributed by atoms with Crippen LogP contribution in [0.2, 0.25) is 0 Å². The Labute approximate surface area is 152 Å². The molecule has 123 valence electrons. The first kappa shape index (κ1) is 21.8. The Morgan fingerprint density at radius 2 is 1.68 bits per heavy atom. The topological polar surface area (TPSA) is 76.6 Å². The van der Waals surface area contributed by atoms with Crippen LogP contribution < -0.4 is 16.0 Å². The molecule has 0 saturated heterocycles. The van der Waals surface area contributed by atoms with Gasteiger partial charge in [0.2, 0.25) is 5.56 Å². The van der Waals surface area contributed by atoms with Crippen LogP contribution in [0.15, 0.2) is 23.3 Å². The zero-order valence-electron chi connectivity index (χ0n) is 13.2. The van der Waals surface area contributed by atoms with E-state index in [0.717, 1.165) is 5.39 Å². The van der Waals surface area contributed by atoms with Gasteiger partial charge in [0.1, 0.15) is 7.85 Å². The minimum absolute atomic E-state index is 0.107. The molecule has 8 heteroatoms. The fourth-order valence-corrected chi connectivity index (χ4v) is 1.24. The molecule has 2 rings (SSSR count). The fraction of sp³-hybridized carbons (Fsp3) is 0.500. The molecule has 2 N–H and O–H groups in total. The van der Waals surface area contributed by atoms with Crippen LogP contribution in [0.5, 0.6) is 0 Å². The SMILES string of the molecule is CC(C)(O)C(C)(C)O.[B]c1cn(C)c(=O)c2[n-]ccc12.[I][Os]. The molecule has 2 aromatic heterocycles. The molecule has 2 heterocycles. The van der Waals surface area contributed by atoms with Gasteiger partial charge in [-0.15, -0.1) is 0 Å². The van der Waals surface area contributed by atoms with Crippen molar-refractivity contribution in [3.8, 4) is 0 Å². The normalized spacial score (nSPS) is 11.3. The Bertz CT molecular complexity index is 645. The molecule has 2 radical (unpaired) electrons. The van der Waals surface area contributed by atoms with Crippen LogP contribution in [0.4, 0.5) is 0 Å². The molecule has 0 bridgehead atoms. The molecule has 0 aliphatic rings. The molecule has 0 amide bonds. The first-order valence-corrected chi connectivity index (χ1v) is 13.6. The van der Waals surface area contributed by atoms with Gasteiger partial charge in [0, 0.05) is 13.2 Å². The average Bonchev–Trinajstić information content (AvgIpc) is 2.87. The van der Waals surface area contributed by atoms with Crippen molar-refractivity contribution in [3.05, 3.63) is 28.8 Å². The number of pyridine rings is 1. The summed E-state index contributed by atoms with van der Waals surface area (Å²) >= 11 is 4.01. The molecule has 0 spiro atoms. The molecule has 0 aromatic carbocycles. The standard InChI is InChI=1S/C8H7BN2O.C6H14O2.HI.Os/c1-11-4-6(9)5-2-3-10-7(5)8(11)12;1-5(2,7)6(3,4)8;;/h2-4H,1H3,(H,10,12);7-8H,1-4H3;1H;/q;;;+1/p-2.